The molecule has 4 rings (SSSR count). The second-order valence-electron chi connectivity index (χ2n) is 6.13. The predicted octanol–water partition coefficient (Wildman–Crippen LogP) is 4.47. The molecule has 2 aromatic heterocycles. The van der Waals surface area contributed by atoms with E-state index in [1.54, 1.807) is 0 Å². The van der Waals surface area contributed by atoms with Crippen LogP contribution in [0.25, 0.3) is 11.5 Å². The molecule has 6 heteroatoms. The number of benzene rings is 1. The fraction of sp³-hybridized carbons (Fsp3) is 0.263. The van der Waals surface area contributed by atoms with E-state index in [0.29, 0.717) is 16.7 Å². The van der Waals surface area contributed by atoms with Crippen LogP contribution >= 0.6 is 11.3 Å². The number of nitriles is 1. The molecule has 124 valence electrons. The lowest BCUT2D eigenvalue weighted by atomic mass is 10.0. The molecule has 0 bridgehead atoms. The van der Waals surface area contributed by atoms with Gasteiger partial charge in [0.15, 0.2) is 11.6 Å². The van der Waals surface area contributed by atoms with Crippen LogP contribution in [0.4, 0.5) is 0 Å². The first kappa shape index (κ1) is 15.7. The van der Waals surface area contributed by atoms with Crippen molar-refractivity contribution in [2.45, 2.75) is 31.6 Å². The Kier molecular flexibility index (Phi) is 3.94. The first-order valence-corrected chi connectivity index (χ1v) is 8.97. The molecule has 0 aliphatic heterocycles. The van der Waals surface area contributed by atoms with E-state index in [1.165, 1.54) is 11.3 Å². The summed E-state index contributed by atoms with van der Waals surface area (Å²) in [5.74, 6) is -0.00821. The Bertz CT molecular complexity index is 964. The van der Waals surface area contributed by atoms with Gasteiger partial charge in [-0.1, -0.05) is 18.2 Å². The minimum absolute atomic E-state index is 0.223. The summed E-state index contributed by atoms with van der Waals surface area (Å²) in [5.41, 5.74) is 1.91. The summed E-state index contributed by atoms with van der Waals surface area (Å²) in [6, 6.07) is 11.6. The van der Waals surface area contributed by atoms with E-state index < -0.39 is 5.92 Å². The van der Waals surface area contributed by atoms with Crippen molar-refractivity contribution in [3.05, 3.63) is 57.9 Å². The molecule has 1 fully saturated rings. The van der Waals surface area contributed by atoms with Crippen molar-refractivity contribution in [3.8, 4) is 17.5 Å². The Labute approximate surface area is 149 Å². The molecule has 0 spiro atoms. The number of rotatable bonds is 5. The molecule has 1 aromatic carbocycles. The zero-order chi connectivity index (χ0) is 17.4. The lowest BCUT2D eigenvalue weighted by Crippen LogP contribution is -2.13. The van der Waals surface area contributed by atoms with E-state index in [-0.39, 0.29) is 17.4 Å². The van der Waals surface area contributed by atoms with Crippen LogP contribution in [-0.2, 0) is 0 Å². The van der Waals surface area contributed by atoms with Gasteiger partial charge in [0.25, 0.3) is 0 Å². The van der Waals surface area contributed by atoms with E-state index in [1.807, 2.05) is 42.6 Å². The third-order valence-corrected chi connectivity index (χ3v) is 5.16. The molecule has 0 N–H and O–H groups in total. The minimum atomic E-state index is -0.940. The fourth-order valence-electron chi connectivity index (χ4n) is 2.70. The quantitative estimate of drug-likeness (QED) is 0.635. The monoisotopic (exact) mass is 349 g/mol. The Morgan fingerprint density at radius 1 is 1.32 bits per heavy atom. The standard InChI is InChI=1S/C19H15N3O2S/c1-11-10-25-19(21-11)14(9-20)16(23)15-17(12-7-8-12)24-18(22-15)13-5-3-2-4-6-13/h2-6,10,12,14H,7-8H2,1H3. The van der Waals surface area contributed by atoms with Gasteiger partial charge in [0.05, 0.1) is 6.07 Å². The highest BCUT2D eigenvalue weighted by atomic mass is 32.1. The van der Waals surface area contributed by atoms with Crippen molar-refractivity contribution in [1.82, 2.24) is 9.97 Å². The average molecular weight is 349 g/mol. The van der Waals surface area contributed by atoms with Crippen molar-refractivity contribution >= 4 is 17.1 Å². The van der Waals surface area contributed by atoms with Crippen molar-refractivity contribution < 1.29 is 9.21 Å². The van der Waals surface area contributed by atoms with Gasteiger partial charge in [-0.05, 0) is 31.9 Å². The highest BCUT2D eigenvalue weighted by molar-refractivity contribution is 7.10. The van der Waals surface area contributed by atoms with Crippen LogP contribution in [-0.4, -0.2) is 15.8 Å². The number of aromatic nitrogens is 2. The van der Waals surface area contributed by atoms with Gasteiger partial charge in [-0.3, -0.25) is 4.79 Å². The highest BCUT2D eigenvalue weighted by Gasteiger charge is 2.37. The number of hydrogen-bond acceptors (Lipinski definition) is 6. The average Bonchev–Trinajstić information content (AvgIpc) is 3.24. The summed E-state index contributed by atoms with van der Waals surface area (Å²) in [6.07, 6.45) is 1.97. The number of aryl methyl sites for hydroxylation is 1. The third kappa shape index (κ3) is 2.99. The SMILES string of the molecule is Cc1csc(C(C#N)C(=O)c2nc(-c3ccccc3)oc2C2CC2)n1. The largest absolute Gasteiger partial charge is 0.440 e. The smallest absolute Gasteiger partial charge is 0.226 e. The zero-order valence-corrected chi connectivity index (χ0v) is 14.4. The summed E-state index contributed by atoms with van der Waals surface area (Å²) in [5, 5.41) is 11.9. The van der Waals surface area contributed by atoms with Crippen LogP contribution in [0.3, 0.4) is 0 Å². The maximum absolute atomic E-state index is 13.0. The Morgan fingerprint density at radius 2 is 2.08 bits per heavy atom. The number of nitrogens with zero attached hydrogens (tertiary/aromatic N) is 3. The second kappa shape index (κ2) is 6.26. The van der Waals surface area contributed by atoms with E-state index in [0.717, 1.165) is 24.1 Å². The van der Waals surface area contributed by atoms with E-state index >= 15 is 0 Å². The third-order valence-electron chi connectivity index (χ3n) is 4.13. The minimum Gasteiger partial charge on any atom is -0.440 e. The molecular formula is C19H15N3O2S. The van der Waals surface area contributed by atoms with Gasteiger partial charge in [-0.25, -0.2) is 9.97 Å². The lowest BCUT2D eigenvalue weighted by molar-refractivity contribution is 0.0972. The molecule has 1 aliphatic carbocycles. The van der Waals surface area contributed by atoms with Crippen LogP contribution < -0.4 is 0 Å². The van der Waals surface area contributed by atoms with E-state index in [2.05, 4.69) is 16.0 Å². The van der Waals surface area contributed by atoms with Crippen molar-refractivity contribution in [2.75, 3.05) is 0 Å². The number of carbonyl (C=O) groups is 1. The molecule has 1 saturated carbocycles. The molecular weight excluding hydrogens is 334 g/mol. The zero-order valence-electron chi connectivity index (χ0n) is 13.6. The molecule has 0 radical (unpaired) electrons. The van der Waals surface area contributed by atoms with Crippen molar-refractivity contribution in [3.63, 3.8) is 0 Å². The maximum atomic E-state index is 13.0. The Morgan fingerprint density at radius 3 is 2.68 bits per heavy atom. The van der Waals surface area contributed by atoms with Crippen LogP contribution in [0.5, 0.6) is 0 Å². The number of Topliss-reactive ketones (excluding diaryl/α,β-unsaturated/α-hetero) is 1. The summed E-state index contributed by atoms with van der Waals surface area (Å²) in [6.45, 7) is 1.85. The summed E-state index contributed by atoms with van der Waals surface area (Å²) < 4.78 is 5.92. The van der Waals surface area contributed by atoms with Gasteiger partial charge in [0, 0.05) is 22.6 Å². The van der Waals surface area contributed by atoms with Crippen LogP contribution in [0, 0.1) is 18.3 Å². The molecule has 25 heavy (non-hydrogen) atoms. The predicted molar refractivity (Wildman–Crippen MR) is 93.4 cm³/mol. The summed E-state index contributed by atoms with van der Waals surface area (Å²) in [4.78, 5) is 21.8. The maximum Gasteiger partial charge on any atom is 0.226 e. The van der Waals surface area contributed by atoms with E-state index in [9.17, 15) is 10.1 Å². The fourth-order valence-corrected chi connectivity index (χ4v) is 3.54. The number of carbonyl (C=O) groups excluding carboxylic acids is 1. The molecule has 1 unspecified atom stereocenters. The van der Waals surface area contributed by atoms with Crippen molar-refractivity contribution in [2.24, 2.45) is 0 Å². The molecule has 0 saturated heterocycles. The van der Waals surface area contributed by atoms with Crippen molar-refractivity contribution in [1.29, 1.82) is 5.26 Å². The van der Waals surface area contributed by atoms with Gasteiger partial charge in [0.2, 0.25) is 11.7 Å². The Balaban J connectivity index is 1.75. The second-order valence-corrected chi connectivity index (χ2v) is 7.02. The van der Waals surface area contributed by atoms with Crippen LogP contribution in [0.15, 0.2) is 40.1 Å². The molecule has 1 atom stereocenters. The van der Waals surface area contributed by atoms with E-state index in [4.69, 9.17) is 4.42 Å². The first-order valence-electron chi connectivity index (χ1n) is 8.09. The normalized spacial score (nSPS) is 14.9. The topological polar surface area (TPSA) is 79.8 Å². The highest BCUT2D eigenvalue weighted by Crippen LogP contribution is 2.44. The van der Waals surface area contributed by atoms with Gasteiger partial charge in [-0.15, -0.1) is 11.3 Å². The van der Waals surface area contributed by atoms with Gasteiger partial charge >= 0.3 is 0 Å². The molecule has 2 heterocycles. The molecule has 0 amide bonds. The molecule has 3 aromatic rings. The van der Waals surface area contributed by atoms with Gasteiger partial charge < -0.3 is 4.42 Å². The van der Waals surface area contributed by atoms with Crippen LogP contribution in [0.2, 0.25) is 0 Å². The van der Waals surface area contributed by atoms with Crippen LogP contribution in [0.1, 0.15) is 51.6 Å². The number of hydrogen-bond donors (Lipinski definition) is 0. The molecule has 5 nitrogen and oxygen atoms in total. The first-order chi connectivity index (χ1) is 12.2. The lowest BCUT2D eigenvalue weighted by Gasteiger charge is -2.03. The Hall–Kier alpha value is -2.78. The number of ketones is 1. The molecule has 1 aliphatic rings. The van der Waals surface area contributed by atoms with Gasteiger partial charge in [-0.2, -0.15) is 5.26 Å². The summed E-state index contributed by atoms with van der Waals surface area (Å²) >= 11 is 1.33. The van der Waals surface area contributed by atoms with Gasteiger partial charge in [0.1, 0.15) is 10.8 Å². The number of thiazole rings is 1. The number of oxazole rings is 1. The summed E-state index contributed by atoms with van der Waals surface area (Å²) in [7, 11) is 0.